The van der Waals surface area contributed by atoms with Crippen molar-refractivity contribution in [3.8, 4) is 0 Å². The van der Waals surface area contributed by atoms with Crippen molar-refractivity contribution in [2.45, 2.75) is 133 Å². The van der Waals surface area contributed by atoms with Gasteiger partial charge in [0.1, 0.15) is 54.4 Å². The van der Waals surface area contributed by atoms with Gasteiger partial charge < -0.3 is 80.4 Å². The third kappa shape index (κ3) is 21.2. The molecule has 1 heterocycles. The summed E-state index contributed by atoms with van der Waals surface area (Å²) < 4.78 is 25.7. The van der Waals surface area contributed by atoms with Crippen LogP contribution in [0, 0.1) is 5.92 Å². The Hall–Kier alpha value is -5.88. The van der Waals surface area contributed by atoms with Gasteiger partial charge in [0, 0.05) is 13.0 Å². The molecule has 1 saturated heterocycles. The lowest BCUT2D eigenvalue weighted by Gasteiger charge is -2.28. The third-order valence-corrected chi connectivity index (χ3v) is 11.6. The predicted molar refractivity (Wildman–Crippen MR) is 256 cm³/mol. The molecule has 0 bridgehead atoms. The Morgan fingerprint density at radius 3 is 1.61 bits per heavy atom. The zero-order valence-electron chi connectivity index (χ0n) is 40.6. The summed E-state index contributed by atoms with van der Waals surface area (Å²) in [4.78, 5) is 124. The number of benzene rings is 1. The van der Waals surface area contributed by atoms with Crippen LogP contribution >= 0.6 is 0 Å². The Balaban J connectivity index is 2.74. The lowest BCUT2D eigenvalue weighted by molar-refractivity contribution is -0.136. The van der Waals surface area contributed by atoms with Crippen molar-refractivity contribution in [1.82, 2.24) is 52.6 Å². The second kappa shape index (κ2) is 30.1. The molecule has 1 aliphatic rings. The maximum Gasteiger partial charge on any atom is 0.245 e. The summed E-state index contributed by atoms with van der Waals surface area (Å²) in [6, 6.07) is -5.65. The van der Waals surface area contributed by atoms with Crippen LogP contribution in [0.3, 0.4) is 0 Å². The van der Waals surface area contributed by atoms with Gasteiger partial charge in [0.25, 0.3) is 0 Å². The molecular formula is C43H73N13O14S. The lowest BCUT2D eigenvalue weighted by atomic mass is 10.00. The highest BCUT2D eigenvalue weighted by Gasteiger charge is 2.37. The van der Waals surface area contributed by atoms with E-state index in [-0.39, 0.29) is 57.7 Å². The number of carbonyl (C=O) groups excluding carboxylic acids is 9. The smallest absolute Gasteiger partial charge is 0.245 e. The summed E-state index contributed by atoms with van der Waals surface area (Å²) in [5.41, 5.74) is 18.0. The second-order valence-corrected chi connectivity index (χ2v) is 19.4. The van der Waals surface area contributed by atoms with E-state index in [4.69, 9.17) is 17.2 Å². The molecule has 11 atom stereocenters. The van der Waals surface area contributed by atoms with Gasteiger partial charge in [0.05, 0.1) is 25.1 Å². The maximum atomic E-state index is 14.3. The van der Waals surface area contributed by atoms with Crippen LogP contribution in [0.1, 0.15) is 65.4 Å². The number of rotatable bonds is 19. The van der Waals surface area contributed by atoms with Crippen molar-refractivity contribution in [2.24, 2.45) is 23.1 Å². The molecule has 28 heteroatoms. The minimum Gasteiger partial charge on any atom is -0.394 e. The van der Waals surface area contributed by atoms with E-state index in [0.29, 0.717) is 11.8 Å². The highest BCUT2D eigenvalue weighted by atomic mass is 32.2. The summed E-state index contributed by atoms with van der Waals surface area (Å²) in [7, 11) is -4.09. The van der Waals surface area contributed by atoms with E-state index < -0.39 is 149 Å². The first kappa shape index (κ1) is 61.2. The minimum absolute atomic E-state index is 0.0417. The fraction of sp³-hybridized carbons (Fsp3) is 0.651. The van der Waals surface area contributed by atoms with Gasteiger partial charge in [-0.25, -0.2) is 13.1 Å². The van der Waals surface area contributed by atoms with Gasteiger partial charge in [-0.1, -0.05) is 44.2 Å². The molecule has 0 saturated carbocycles. The molecule has 71 heavy (non-hydrogen) atoms. The molecule has 0 aliphatic carbocycles. The number of aliphatic hydroxyl groups excluding tert-OH is 3. The Morgan fingerprint density at radius 1 is 0.676 bits per heavy atom. The van der Waals surface area contributed by atoms with Crippen molar-refractivity contribution in [3.63, 3.8) is 0 Å². The van der Waals surface area contributed by atoms with Gasteiger partial charge in [0.2, 0.25) is 63.2 Å². The van der Waals surface area contributed by atoms with Gasteiger partial charge in [-0.2, -0.15) is 0 Å². The van der Waals surface area contributed by atoms with E-state index >= 15 is 0 Å². The highest BCUT2D eigenvalue weighted by Crippen LogP contribution is 2.11. The number of nitrogens with one attached hydrogen (secondary N) is 10. The van der Waals surface area contributed by atoms with Crippen LogP contribution in [0.15, 0.2) is 30.3 Å². The number of hydrogen-bond acceptors (Lipinski definition) is 17. The number of amides is 9. The van der Waals surface area contributed by atoms with Crippen LogP contribution in [0.2, 0.25) is 0 Å². The summed E-state index contributed by atoms with van der Waals surface area (Å²) in [5, 5.41) is 53.0. The molecule has 400 valence electrons. The average Bonchev–Trinajstić information content (AvgIpc) is 3.29. The van der Waals surface area contributed by atoms with Gasteiger partial charge in [-0.3, -0.25) is 43.2 Å². The molecule has 0 aromatic heterocycles. The fourth-order valence-electron chi connectivity index (χ4n) is 7.14. The molecule has 27 nitrogen and oxygen atoms in total. The monoisotopic (exact) mass is 1030 g/mol. The van der Waals surface area contributed by atoms with Crippen LogP contribution in [0.5, 0.6) is 0 Å². The summed E-state index contributed by atoms with van der Waals surface area (Å²) in [6.45, 7) is 3.72. The first-order chi connectivity index (χ1) is 33.3. The molecule has 1 unspecified atom stereocenters. The molecule has 9 amide bonds. The molecule has 1 fully saturated rings. The van der Waals surface area contributed by atoms with Crippen molar-refractivity contribution in [3.05, 3.63) is 35.9 Å². The number of aliphatic hydroxyl groups is 3. The Bertz CT molecular complexity index is 2080. The normalized spacial score (nSPS) is 24.6. The molecule has 2 rings (SSSR count). The Kier molecular flexibility index (Phi) is 26.0. The first-order valence-electron chi connectivity index (χ1n) is 23.1. The van der Waals surface area contributed by atoms with E-state index in [1.807, 2.05) is 4.72 Å². The minimum atomic E-state index is -4.09. The molecule has 0 spiro atoms. The van der Waals surface area contributed by atoms with Crippen molar-refractivity contribution in [1.29, 1.82) is 0 Å². The van der Waals surface area contributed by atoms with E-state index in [0.717, 1.165) is 6.92 Å². The number of hydrogen-bond donors (Lipinski definition) is 16. The molecule has 1 aromatic rings. The predicted octanol–water partition coefficient (Wildman–Crippen LogP) is -7.61. The molecule has 19 N–H and O–H groups in total. The zero-order valence-corrected chi connectivity index (χ0v) is 41.4. The van der Waals surface area contributed by atoms with Crippen molar-refractivity contribution >= 4 is 63.2 Å². The quantitative estimate of drug-likeness (QED) is 0.0612. The Labute approximate surface area is 412 Å². The van der Waals surface area contributed by atoms with Gasteiger partial charge in [-0.05, 0) is 77.1 Å². The van der Waals surface area contributed by atoms with Crippen LogP contribution in [-0.4, -0.2) is 183 Å². The van der Waals surface area contributed by atoms with Gasteiger partial charge >= 0.3 is 0 Å². The number of carbonyl (C=O) groups is 9. The fourth-order valence-corrected chi connectivity index (χ4v) is 7.90. The molecule has 1 aromatic carbocycles. The maximum absolute atomic E-state index is 14.3. The Morgan fingerprint density at radius 2 is 1.14 bits per heavy atom. The standard InChI is InChI=1S/C43H73N13O14S/c1-22(2)19-30-39(64)50-26(11-15-44)35(60)49-28(13-17-46)38(63)55-33(23(3)58)42(67)47-18-14-29(51-41(66)32(21-57)54-43(68)34(24(4)59)56-71(5,69)70)37(62)48-27(12-16-45)36(61)53-31(40(65)52-30)20-25-9-7-6-8-10-25/h6-10,22-24,26-34,56-59H,11-21,44-46H2,1-5H3,(H,47,67)(H,48,62)(H,49,60)(H,50,64)(H,51,66)(H,52,65)(H,53,61)(H,54,68)(H,55,63)/t23-,24-,26+,27+,28+,29+,30+,31?,32-,33+,34+/m1/s1. The van der Waals surface area contributed by atoms with E-state index in [1.165, 1.54) is 6.92 Å². The van der Waals surface area contributed by atoms with E-state index in [1.54, 1.807) is 44.2 Å². The van der Waals surface area contributed by atoms with Gasteiger partial charge in [-0.15, -0.1) is 0 Å². The number of sulfonamides is 1. The van der Waals surface area contributed by atoms with Crippen LogP contribution in [-0.2, 0) is 59.6 Å². The average molecular weight is 1030 g/mol. The topological polar surface area (TPSA) is 447 Å². The van der Waals surface area contributed by atoms with Crippen molar-refractivity contribution < 1.29 is 66.9 Å². The van der Waals surface area contributed by atoms with Crippen LogP contribution in [0.25, 0.3) is 0 Å². The van der Waals surface area contributed by atoms with Gasteiger partial charge in [0.15, 0.2) is 0 Å². The van der Waals surface area contributed by atoms with E-state index in [2.05, 4.69) is 47.9 Å². The van der Waals surface area contributed by atoms with Crippen LogP contribution < -0.4 is 69.8 Å². The number of nitrogens with two attached hydrogens (primary N) is 3. The lowest BCUT2D eigenvalue weighted by Crippen LogP contribution is -2.61. The second-order valence-electron chi connectivity index (χ2n) is 17.6. The van der Waals surface area contributed by atoms with Crippen LogP contribution in [0.4, 0.5) is 0 Å². The summed E-state index contributed by atoms with van der Waals surface area (Å²) in [6.07, 6.45) is -3.64. The van der Waals surface area contributed by atoms with Crippen molar-refractivity contribution in [2.75, 3.05) is 39.0 Å². The summed E-state index contributed by atoms with van der Waals surface area (Å²) >= 11 is 0. The molecule has 1 aliphatic heterocycles. The SMILES string of the molecule is CC(C)C[C@@H]1NC(=O)C(Cc2ccccc2)NC(=O)[C@H](CCN)NC(=O)[C@@H](NC(=O)[C@@H](CO)NC(=O)[C@@H](NS(C)(=O)=O)[C@@H](C)O)CCNC(=O)[C@H]([C@@H](C)O)NC(=O)[C@H](CCN)NC(=O)[C@H](CCN)NC1=O. The third-order valence-electron chi connectivity index (χ3n) is 10.9. The molecular weight excluding hydrogens is 955 g/mol. The van der Waals surface area contributed by atoms with E-state index in [9.17, 15) is 66.9 Å². The zero-order chi connectivity index (χ0) is 53.6. The first-order valence-corrected chi connectivity index (χ1v) is 25.0. The molecule has 0 radical (unpaired) electrons. The largest absolute Gasteiger partial charge is 0.394 e. The highest BCUT2D eigenvalue weighted by molar-refractivity contribution is 7.88. The summed E-state index contributed by atoms with van der Waals surface area (Å²) in [5.74, 6) is -9.21.